The molecule has 0 atom stereocenters. The normalized spacial score (nSPS) is 21.0. The Morgan fingerprint density at radius 1 is 1.29 bits per heavy atom. The second-order valence-electron chi connectivity index (χ2n) is 3.72. The maximum absolute atomic E-state index is 9.94. The van der Waals surface area contributed by atoms with Crippen molar-refractivity contribution in [2.24, 2.45) is 0 Å². The predicted octanol–water partition coefficient (Wildman–Crippen LogP) is 2.16. The molecule has 0 amide bonds. The number of halogens is 1. The highest BCUT2D eigenvalue weighted by Crippen LogP contribution is 2.50. The Morgan fingerprint density at radius 3 is 2.79 bits per heavy atom. The molecule has 1 aliphatic carbocycles. The second-order valence-corrected chi connectivity index (χ2v) is 4.58. The third-order valence-electron chi connectivity index (χ3n) is 2.69. The molecule has 14 heavy (non-hydrogen) atoms. The van der Waals surface area contributed by atoms with Crippen LogP contribution in [0.4, 0.5) is 0 Å². The van der Waals surface area contributed by atoms with Gasteiger partial charge in [-0.25, -0.2) is 0 Å². The van der Waals surface area contributed by atoms with Crippen LogP contribution in [-0.2, 0) is 5.60 Å². The molecule has 1 aromatic carbocycles. The van der Waals surface area contributed by atoms with Gasteiger partial charge in [-0.2, -0.15) is 0 Å². The minimum atomic E-state index is -0.622. The van der Waals surface area contributed by atoms with Gasteiger partial charge in [0, 0.05) is 0 Å². The standard InChI is InChI=1S/C10H9BrO3/c11-7-3-6(10(12)1-2-10)4-8-9(7)14-5-13-8/h3-4,12H,1-2,5H2. The van der Waals surface area contributed by atoms with Crippen molar-refractivity contribution in [3.05, 3.63) is 22.2 Å². The molecule has 3 nitrogen and oxygen atoms in total. The Balaban J connectivity index is 2.12. The van der Waals surface area contributed by atoms with Crippen LogP contribution < -0.4 is 9.47 Å². The summed E-state index contributed by atoms with van der Waals surface area (Å²) in [5.74, 6) is 1.45. The monoisotopic (exact) mass is 256 g/mol. The smallest absolute Gasteiger partial charge is 0.231 e. The molecule has 1 heterocycles. The minimum Gasteiger partial charge on any atom is -0.454 e. The van der Waals surface area contributed by atoms with Crippen molar-refractivity contribution in [3.63, 3.8) is 0 Å². The van der Waals surface area contributed by atoms with Gasteiger partial charge in [0.05, 0.1) is 10.1 Å². The van der Waals surface area contributed by atoms with Crippen LogP contribution >= 0.6 is 15.9 Å². The second kappa shape index (κ2) is 2.64. The Labute approximate surface area is 89.8 Å². The van der Waals surface area contributed by atoms with E-state index in [1.807, 2.05) is 12.1 Å². The van der Waals surface area contributed by atoms with E-state index in [0.29, 0.717) is 0 Å². The first kappa shape index (κ1) is 8.56. The van der Waals surface area contributed by atoms with E-state index in [1.54, 1.807) is 0 Å². The Morgan fingerprint density at radius 2 is 2.07 bits per heavy atom. The van der Waals surface area contributed by atoms with Gasteiger partial charge < -0.3 is 14.6 Å². The first-order chi connectivity index (χ1) is 6.69. The highest BCUT2D eigenvalue weighted by atomic mass is 79.9. The van der Waals surface area contributed by atoms with Gasteiger partial charge in [0.15, 0.2) is 11.5 Å². The van der Waals surface area contributed by atoms with Crippen molar-refractivity contribution in [3.8, 4) is 11.5 Å². The van der Waals surface area contributed by atoms with E-state index in [4.69, 9.17) is 9.47 Å². The fraction of sp³-hybridized carbons (Fsp3) is 0.400. The molecule has 3 rings (SSSR count). The molecule has 1 aliphatic heterocycles. The van der Waals surface area contributed by atoms with Crippen LogP contribution in [0.15, 0.2) is 16.6 Å². The molecule has 1 N–H and O–H groups in total. The van der Waals surface area contributed by atoms with Gasteiger partial charge in [0.2, 0.25) is 6.79 Å². The minimum absolute atomic E-state index is 0.260. The molecule has 4 heteroatoms. The fourth-order valence-electron chi connectivity index (χ4n) is 1.64. The van der Waals surface area contributed by atoms with E-state index in [1.165, 1.54) is 0 Å². The third-order valence-corrected chi connectivity index (χ3v) is 3.28. The lowest BCUT2D eigenvalue weighted by atomic mass is 10.1. The van der Waals surface area contributed by atoms with Crippen LogP contribution in [0.1, 0.15) is 18.4 Å². The van der Waals surface area contributed by atoms with Gasteiger partial charge in [-0.05, 0) is 46.5 Å². The average molecular weight is 257 g/mol. The van der Waals surface area contributed by atoms with Gasteiger partial charge in [0.1, 0.15) is 0 Å². The van der Waals surface area contributed by atoms with E-state index in [0.717, 1.165) is 34.4 Å². The molecule has 1 saturated carbocycles. The van der Waals surface area contributed by atoms with E-state index >= 15 is 0 Å². The highest BCUT2D eigenvalue weighted by molar-refractivity contribution is 9.10. The maximum Gasteiger partial charge on any atom is 0.231 e. The Kier molecular flexibility index (Phi) is 1.61. The van der Waals surface area contributed by atoms with Crippen LogP contribution in [0, 0.1) is 0 Å². The molecule has 0 radical (unpaired) electrons. The number of hydrogen-bond donors (Lipinski definition) is 1. The van der Waals surface area contributed by atoms with Gasteiger partial charge in [-0.1, -0.05) is 0 Å². The number of rotatable bonds is 1. The quantitative estimate of drug-likeness (QED) is 0.837. The summed E-state index contributed by atoms with van der Waals surface area (Å²) in [4.78, 5) is 0. The zero-order valence-corrected chi connectivity index (χ0v) is 9.00. The summed E-state index contributed by atoms with van der Waals surface area (Å²) >= 11 is 3.40. The molecule has 1 fully saturated rings. The summed E-state index contributed by atoms with van der Waals surface area (Å²) in [5.41, 5.74) is 0.289. The van der Waals surface area contributed by atoms with Crippen molar-refractivity contribution in [1.29, 1.82) is 0 Å². The van der Waals surface area contributed by atoms with E-state index in [-0.39, 0.29) is 6.79 Å². The Hall–Kier alpha value is -0.740. The van der Waals surface area contributed by atoms with Crippen molar-refractivity contribution in [2.45, 2.75) is 18.4 Å². The molecule has 0 saturated heterocycles. The predicted molar refractivity (Wildman–Crippen MR) is 53.4 cm³/mol. The first-order valence-electron chi connectivity index (χ1n) is 4.51. The van der Waals surface area contributed by atoms with Crippen molar-refractivity contribution in [2.75, 3.05) is 6.79 Å². The molecular formula is C10H9BrO3. The van der Waals surface area contributed by atoms with E-state index in [9.17, 15) is 5.11 Å². The Bertz CT molecular complexity index is 399. The lowest BCUT2D eigenvalue weighted by Crippen LogP contribution is -2.03. The molecule has 0 unspecified atom stereocenters. The molecule has 0 spiro atoms. The van der Waals surface area contributed by atoms with Crippen molar-refractivity contribution < 1.29 is 14.6 Å². The summed E-state index contributed by atoms with van der Waals surface area (Å²) in [7, 11) is 0. The van der Waals surface area contributed by atoms with Gasteiger partial charge in [0.25, 0.3) is 0 Å². The van der Waals surface area contributed by atoms with Crippen LogP contribution in [0.3, 0.4) is 0 Å². The average Bonchev–Trinajstić information content (AvgIpc) is 2.75. The number of benzene rings is 1. The van der Waals surface area contributed by atoms with Crippen LogP contribution in [-0.4, -0.2) is 11.9 Å². The van der Waals surface area contributed by atoms with E-state index < -0.39 is 5.60 Å². The summed E-state index contributed by atoms with van der Waals surface area (Å²) in [6.45, 7) is 0.260. The molecule has 74 valence electrons. The number of aliphatic hydroxyl groups is 1. The molecule has 1 aromatic rings. The van der Waals surface area contributed by atoms with Gasteiger partial charge in [-0.3, -0.25) is 0 Å². The lowest BCUT2D eigenvalue weighted by Gasteiger charge is -2.09. The summed E-state index contributed by atoms with van der Waals surface area (Å²) < 4.78 is 11.4. The van der Waals surface area contributed by atoms with Gasteiger partial charge in [-0.15, -0.1) is 0 Å². The largest absolute Gasteiger partial charge is 0.454 e. The topological polar surface area (TPSA) is 38.7 Å². The third kappa shape index (κ3) is 1.14. The van der Waals surface area contributed by atoms with E-state index in [2.05, 4.69) is 15.9 Å². The zero-order valence-electron chi connectivity index (χ0n) is 7.42. The fourth-order valence-corrected chi connectivity index (χ4v) is 2.20. The maximum atomic E-state index is 9.94. The SMILES string of the molecule is OC1(c2cc(Br)c3c(c2)OCO3)CC1. The van der Waals surface area contributed by atoms with Crippen molar-refractivity contribution in [1.82, 2.24) is 0 Å². The zero-order chi connectivity index (χ0) is 9.76. The number of ether oxygens (including phenoxy) is 2. The molecular weight excluding hydrogens is 248 g/mol. The molecule has 2 aliphatic rings. The highest BCUT2D eigenvalue weighted by Gasteiger charge is 2.43. The van der Waals surface area contributed by atoms with Crippen LogP contribution in [0.25, 0.3) is 0 Å². The molecule has 0 aromatic heterocycles. The number of fused-ring (bicyclic) bond motifs is 1. The van der Waals surface area contributed by atoms with Gasteiger partial charge >= 0.3 is 0 Å². The number of hydrogen-bond acceptors (Lipinski definition) is 3. The van der Waals surface area contributed by atoms with Crippen LogP contribution in [0.2, 0.25) is 0 Å². The van der Waals surface area contributed by atoms with Crippen LogP contribution in [0.5, 0.6) is 11.5 Å². The molecule has 0 bridgehead atoms. The lowest BCUT2D eigenvalue weighted by molar-refractivity contribution is 0.150. The first-order valence-corrected chi connectivity index (χ1v) is 5.30. The summed E-state index contributed by atoms with van der Waals surface area (Å²) in [6, 6.07) is 3.76. The summed E-state index contributed by atoms with van der Waals surface area (Å²) in [6.07, 6.45) is 1.66. The summed E-state index contributed by atoms with van der Waals surface area (Å²) in [5, 5.41) is 9.94. The van der Waals surface area contributed by atoms with Crippen molar-refractivity contribution >= 4 is 15.9 Å².